The fourth-order valence-corrected chi connectivity index (χ4v) is 7.23. The molecule has 1 heterocycles. The highest BCUT2D eigenvalue weighted by molar-refractivity contribution is 7.55. The first-order chi connectivity index (χ1) is 24.0. The Morgan fingerprint density at radius 3 is 1.90 bits per heavy atom. The number of carbonyl (C=O) groups excluding carboxylic acids is 5. The van der Waals surface area contributed by atoms with Crippen LogP contribution in [-0.4, -0.2) is 72.1 Å². The second-order valence-electron chi connectivity index (χ2n) is 11.8. The van der Waals surface area contributed by atoms with Crippen LogP contribution in [0.15, 0.2) is 91.0 Å². The number of nitrogens with zero attached hydrogens (tertiary/aromatic N) is 1. The Morgan fingerprint density at radius 1 is 0.780 bits per heavy atom. The van der Waals surface area contributed by atoms with Gasteiger partial charge in [-0.2, -0.15) is 0 Å². The number of hydrogen-bond acceptors (Lipinski definition) is 9. The Balaban J connectivity index is 1.50. The molecule has 4 atom stereocenters. The van der Waals surface area contributed by atoms with Crippen LogP contribution in [0.1, 0.15) is 45.1 Å². The van der Waals surface area contributed by atoms with Crippen molar-refractivity contribution in [3.63, 3.8) is 0 Å². The molecule has 4 amide bonds. The molecule has 14 heteroatoms. The van der Waals surface area contributed by atoms with Crippen molar-refractivity contribution in [2.75, 3.05) is 13.7 Å². The summed E-state index contributed by atoms with van der Waals surface area (Å²) in [6, 6.07) is 23.3. The molecule has 0 saturated carbocycles. The minimum absolute atomic E-state index is 0.0971. The monoisotopic (exact) mass is 706 g/mol. The van der Waals surface area contributed by atoms with Gasteiger partial charge in [-0.15, -0.1) is 0 Å². The van der Waals surface area contributed by atoms with Crippen LogP contribution < -0.4 is 25.0 Å². The number of hydrogen-bond donors (Lipinski definition) is 3. The van der Waals surface area contributed by atoms with E-state index in [1.807, 2.05) is 30.3 Å². The van der Waals surface area contributed by atoms with Gasteiger partial charge in [-0.1, -0.05) is 66.7 Å². The van der Waals surface area contributed by atoms with E-state index < -0.39 is 61.1 Å². The molecule has 1 fully saturated rings. The highest BCUT2D eigenvalue weighted by Crippen LogP contribution is 2.53. The molecular weight excluding hydrogens is 663 g/mol. The number of ether oxygens (including phenoxy) is 1. The van der Waals surface area contributed by atoms with Gasteiger partial charge >= 0.3 is 13.6 Å². The van der Waals surface area contributed by atoms with Crippen molar-refractivity contribution in [1.82, 2.24) is 20.9 Å². The summed E-state index contributed by atoms with van der Waals surface area (Å²) in [4.78, 5) is 65.3. The summed E-state index contributed by atoms with van der Waals surface area (Å²) in [5.41, 5.74) is 0.772. The van der Waals surface area contributed by atoms with Crippen molar-refractivity contribution in [3.05, 3.63) is 96.6 Å². The van der Waals surface area contributed by atoms with E-state index in [9.17, 15) is 28.5 Å². The van der Waals surface area contributed by atoms with Gasteiger partial charge in [-0.05, 0) is 56.5 Å². The van der Waals surface area contributed by atoms with Crippen molar-refractivity contribution < 1.29 is 42.3 Å². The fourth-order valence-electron chi connectivity index (χ4n) is 5.39. The Hall–Kier alpha value is -5.16. The molecule has 0 spiro atoms. The number of benzene rings is 3. The van der Waals surface area contributed by atoms with Crippen molar-refractivity contribution in [2.24, 2.45) is 0 Å². The van der Waals surface area contributed by atoms with Crippen molar-refractivity contribution in [3.8, 4) is 11.5 Å². The summed E-state index contributed by atoms with van der Waals surface area (Å²) in [7, 11) is -2.99. The lowest BCUT2D eigenvalue weighted by Crippen LogP contribution is -2.56. The van der Waals surface area contributed by atoms with Crippen molar-refractivity contribution in [2.45, 2.75) is 69.9 Å². The Morgan fingerprint density at radius 2 is 1.34 bits per heavy atom. The third-order valence-electron chi connectivity index (χ3n) is 8.04. The van der Waals surface area contributed by atoms with E-state index in [0.29, 0.717) is 12.8 Å². The molecule has 1 saturated heterocycles. The molecule has 1 aliphatic heterocycles. The Labute approximate surface area is 291 Å². The number of carbonyl (C=O) groups is 5. The standard InChI is InChI=1S/C36H43N4O9P/c1-25(37-31(41)21-22-33(42)47-3)34(43)38-26(2)36(45)40-23-13-20-30(40)35(44)39-32(24-27-14-7-4-8-15-27)50(46,48-28-16-9-5-10-17-28)49-29-18-11-6-12-19-29/h4-12,14-19,25-26,30,32H,13,20-24H2,1-3H3,(H,37,41)(H,38,43)(H,39,44). The second-order valence-corrected chi connectivity index (χ2v) is 13.9. The van der Waals surface area contributed by atoms with E-state index in [0.717, 1.165) is 5.56 Å². The van der Waals surface area contributed by atoms with Crippen LogP contribution in [0.2, 0.25) is 0 Å². The molecular formula is C36H43N4O9P. The lowest BCUT2D eigenvalue weighted by Gasteiger charge is -2.31. The van der Waals surface area contributed by atoms with Gasteiger partial charge in [0, 0.05) is 19.4 Å². The van der Waals surface area contributed by atoms with Crippen LogP contribution >= 0.6 is 7.60 Å². The first-order valence-electron chi connectivity index (χ1n) is 16.4. The molecule has 0 aliphatic carbocycles. The zero-order valence-corrected chi connectivity index (χ0v) is 29.2. The van der Waals surface area contributed by atoms with E-state index in [-0.39, 0.29) is 37.3 Å². The van der Waals surface area contributed by atoms with Gasteiger partial charge < -0.3 is 34.6 Å². The van der Waals surface area contributed by atoms with Crippen LogP contribution in [0.5, 0.6) is 11.5 Å². The molecule has 4 rings (SSSR count). The van der Waals surface area contributed by atoms with Crippen LogP contribution in [0.25, 0.3) is 0 Å². The summed E-state index contributed by atoms with van der Waals surface area (Å²) in [5, 5.41) is 7.99. The molecule has 4 unspecified atom stereocenters. The van der Waals surface area contributed by atoms with Crippen LogP contribution in [0.3, 0.4) is 0 Å². The van der Waals surface area contributed by atoms with E-state index in [2.05, 4.69) is 20.7 Å². The predicted octanol–water partition coefficient (Wildman–Crippen LogP) is 3.98. The minimum atomic E-state index is -4.20. The first-order valence-corrected chi connectivity index (χ1v) is 18.0. The van der Waals surface area contributed by atoms with E-state index >= 15 is 0 Å². The average Bonchev–Trinajstić information content (AvgIpc) is 3.61. The quantitative estimate of drug-likeness (QED) is 0.147. The molecule has 0 radical (unpaired) electrons. The Kier molecular flexibility index (Phi) is 13.6. The van der Waals surface area contributed by atoms with Gasteiger partial charge in [0.2, 0.25) is 23.6 Å². The van der Waals surface area contributed by atoms with Gasteiger partial charge in [0.25, 0.3) is 0 Å². The van der Waals surface area contributed by atoms with Crippen molar-refractivity contribution in [1.29, 1.82) is 0 Å². The topological polar surface area (TPSA) is 169 Å². The average molecular weight is 707 g/mol. The number of methoxy groups -OCH3 is 1. The molecule has 0 aromatic heterocycles. The largest absolute Gasteiger partial charge is 0.469 e. The lowest BCUT2D eigenvalue weighted by atomic mass is 10.1. The molecule has 3 N–H and O–H groups in total. The van der Waals surface area contributed by atoms with Crippen LogP contribution in [0, 0.1) is 0 Å². The third kappa shape index (κ3) is 10.7. The molecule has 3 aromatic rings. The van der Waals surface area contributed by atoms with Crippen LogP contribution in [-0.2, 0) is 39.7 Å². The number of para-hydroxylation sites is 2. The maximum atomic E-state index is 14.8. The Bertz CT molecular complexity index is 1610. The molecule has 0 bridgehead atoms. The second kappa shape index (κ2) is 18.0. The predicted molar refractivity (Wildman–Crippen MR) is 185 cm³/mol. The molecule has 3 aromatic carbocycles. The fraction of sp³-hybridized carbons (Fsp3) is 0.361. The zero-order valence-electron chi connectivity index (χ0n) is 28.3. The number of nitrogens with one attached hydrogen (secondary N) is 3. The number of likely N-dealkylation sites (tertiary alicyclic amines) is 1. The summed E-state index contributed by atoms with van der Waals surface area (Å²) < 4.78 is 31.5. The maximum Gasteiger partial charge on any atom is 0.453 e. The normalized spacial score (nSPS) is 15.9. The highest BCUT2D eigenvalue weighted by Gasteiger charge is 2.44. The summed E-state index contributed by atoms with van der Waals surface area (Å²) >= 11 is 0. The SMILES string of the molecule is COC(=O)CCC(=O)NC(C)C(=O)NC(C)C(=O)N1CCCC1C(=O)NC(Cc1ccccc1)P(=O)(Oc1ccccc1)Oc1ccccc1. The lowest BCUT2D eigenvalue weighted by molar-refractivity contribution is -0.142. The molecule has 50 heavy (non-hydrogen) atoms. The van der Waals surface area contributed by atoms with E-state index in [1.165, 1.54) is 25.9 Å². The van der Waals surface area contributed by atoms with Crippen molar-refractivity contribution >= 4 is 37.2 Å². The van der Waals surface area contributed by atoms with Gasteiger partial charge in [0.15, 0.2) is 5.78 Å². The number of rotatable bonds is 16. The third-order valence-corrected chi connectivity index (χ3v) is 10.0. The summed E-state index contributed by atoms with van der Waals surface area (Å²) in [6.07, 6.45) is 0.669. The molecule has 1 aliphatic rings. The van der Waals surface area contributed by atoms with Gasteiger partial charge in [0.05, 0.1) is 13.5 Å². The molecule has 266 valence electrons. The van der Waals surface area contributed by atoms with E-state index in [1.54, 1.807) is 60.7 Å². The number of amides is 4. The van der Waals surface area contributed by atoms with Gasteiger partial charge in [0.1, 0.15) is 29.6 Å². The zero-order chi connectivity index (χ0) is 36.1. The van der Waals surface area contributed by atoms with Crippen LogP contribution in [0.4, 0.5) is 0 Å². The number of esters is 1. The molecule has 13 nitrogen and oxygen atoms in total. The smallest absolute Gasteiger partial charge is 0.453 e. The summed E-state index contributed by atoms with van der Waals surface area (Å²) in [5.74, 6) is -3.32. The first kappa shape index (κ1) is 37.7. The van der Waals surface area contributed by atoms with E-state index in [4.69, 9.17) is 9.05 Å². The minimum Gasteiger partial charge on any atom is -0.469 e. The maximum absolute atomic E-state index is 14.8. The summed E-state index contributed by atoms with van der Waals surface area (Å²) in [6.45, 7) is 3.21. The van der Waals surface area contributed by atoms with Gasteiger partial charge in [-0.25, -0.2) is 4.57 Å². The highest BCUT2D eigenvalue weighted by atomic mass is 31.2. The van der Waals surface area contributed by atoms with Gasteiger partial charge in [-0.3, -0.25) is 24.0 Å².